The first-order valence-corrected chi connectivity index (χ1v) is 10.9. The van der Waals surface area contributed by atoms with Crippen molar-refractivity contribution in [2.45, 2.75) is 39.8 Å². The number of benzene rings is 2. The van der Waals surface area contributed by atoms with E-state index in [0.717, 1.165) is 35.6 Å². The minimum atomic E-state index is -0.254. The first kappa shape index (κ1) is 21.6. The van der Waals surface area contributed by atoms with Crippen molar-refractivity contribution >= 4 is 16.9 Å². The number of aryl methyl sites for hydroxylation is 3. The van der Waals surface area contributed by atoms with Crippen LogP contribution in [0.25, 0.3) is 11.0 Å². The molecule has 0 bridgehead atoms. The van der Waals surface area contributed by atoms with E-state index < -0.39 is 0 Å². The van der Waals surface area contributed by atoms with Crippen LogP contribution in [0.1, 0.15) is 46.7 Å². The average Bonchev–Trinajstić information content (AvgIpc) is 3.15. The smallest absolute Gasteiger partial charge is 0.253 e. The Morgan fingerprint density at radius 1 is 1.09 bits per heavy atom. The molecule has 4 aromatic rings. The van der Waals surface area contributed by atoms with E-state index in [1.807, 2.05) is 25.1 Å². The number of amides is 1. The van der Waals surface area contributed by atoms with E-state index in [1.54, 1.807) is 24.5 Å². The molecule has 1 atom stereocenters. The van der Waals surface area contributed by atoms with Gasteiger partial charge in [0, 0.05) is 18.9 Å². The molecule has 164 valence electrons. The summed E-state index contributed by atoms with van der Waals surface area (Å²) < 4.78 is 8.17. The van der Waals surface area contributed by atoms with Gasteiger partial charge in [0.2, 0.25) is 0 Å². The van der Waals surface area contributed by atoms with E-state index in [4.69, 9.17) is 9.72 Å². The van der Waals surface area contributed by atoms with E-state index in [1.165, 1.54) is 11.1 Å². The lowest BCUT2D eigenvalue weighted by atomic mass is 10.1. The molecule has 0 saturated carbocycles. The molecule has 4 rings (SSSR count). The zero-order valence-corrected chi connectivity index (χ0v) is 18.7. The zero-order valence-electron chi connectivity index (χ0n) is 18.7. The molecule has 6 nitrogen and oxygen atoms in total. The number of nitrogens with one attached hydrogen (secondary N) is 1. The fourth-order valence-corrected chi connectivity index (χ4v) is 3.93. The predicted octanol–water partition coefficient (Wildman–Crippen LogP) is 5.01. The molecule has 1 amide bonds. The lowest BCUT2D eigenvalue weighted by molar-refractivity contribution is 0.0937. The van der Waals surface area contributed by atoms with Gasteiger partial charge in [0.1, 0.15) is 11.6 Å². The number of hydrogen-bond acceptors (Lipinski definition) is 4. The van der Waals surface area contributed by atoms with Gasteiger partial charge in [-0.2, -0.15) is 0 Å². The maximum Gasteiger partial charge on any atom is 0.253 e. The van der Waals surface area contributed by atoms with E-state index in [9.17, 15) is 4.79 Å². The van der Waals surface area contributed by atoms with Crippen molar-refractivity contribution in [1.29, 1.82) is 0 Å². The number of ether oxygens (including phenoxy) is 1. The van der Waals surface area contributed by atoms with Gasteiger partial charge in [-0.1, -0.05) is 18.2 Å². The van der Waals surface area contributed by atoms with Gasteiger partial charge in [0.15, 0.2) is 0 Å². The maximum atomic E-state index is 12.6. The Hall–Kier alpha value is -3.67. The van der Waals surface area contributed by atoms with Crippen LogP contribution >= 0.6 is 0 Å². The number of imidazole rings is 1. The second-order valence-electron chi connectivity index (χ2n) is 8.07. The summed E-state index contributed by atoms with van der Waals surface area (Å²) in [6.45, 7) is 7.45. The van der Waals surface area contributed by atoms with Gasteiger partial charge in [0.05, 0.1) is 29.2 Å². The highest BCUT2D eigenvalue weighted by atomic mass is 16.5. The van der Waals surface area contributed by atoms with Crippen LogP contribution in [0.5, 0.6) is 5.75 Å². The zero-order chi connectivity index (χ0) is 22.5. The molecule has 0 aliphatic rings. The number of nitrogens with zero attached hydrogens (tertiary/aromatic N) is 3. The molecule has 0 aliphatic heterocycles. The van der Waals surface area contributed by atoms with Crippen molar-refractivity contribution in [3.8, 4) is 5.75 Å². The van der Waals surface area contributed by atoms with E-state index in [-0.39, 0.29) is 11.9 Å². The molecule has 1 unspecified atom stereocenters. The largest absolute Gasteiger partial charge is 0.494 e. The number of fused-ring (bicyclic) bond motifs is 1. The highest BCUT2D eigenvalue weighted by Crippen LogP contribution is 2.22. The average molecular weight is 429 g/mol. The second kappa shape index (κ2) is 9.64. The predicted molar refractivity (Wildman–Crippen MR) is 126 cm³/mol. The standard InChI is InChI=1S/C26H28N4O2/c1-18-14-19(2)16-22(15-18)32-13-7-12-30-24-10-5-4-9-23(24)29-25(30)20(3)28-26(31)21-8-6-11-27-17-21/h4-6,8-11,14-17,20H,7,12-13H2,1-3H3,(H,28,31). The topological polar surface area (TPSA) is 69.0 Å². The van der Waals surface area contributed by atoms with Gasteiger partial charge in [-0.05, 0) is 74.7 Å². The van der Waals surface area contributed by atoms with Crippen LogP contribution in [0, 0.1) is 13.8 Å². The number of hydrogen-bond donors (Lipinski definition) is 1. The number of pyridine rings is 1. The molecular weight excluding hydrogens is 400 g/mol. The molecule has 2 heterocycles. The molecule has 0 fully saturated rings. The number of para-hydroxylation sites is 2. The SMILES string of the molecule is Cc1cc(C)cc(OCCCn2c(C(C)NC(=O)c3cccnc3)nc3ccccc32)c1. The molecule has 1 N–H and O–H groups in total. The van der Waals surface area contributed by atoms with Gasteiger partial charge in [-0.25, -0.2) is 4.98 Å². The molecule has 2 aromatic heterocycles. The highest BCUT2D eigenvalue weighted by Gasteiger charge is 2.19. The van der Waals surface area contributed by atoms with Crippen molar-refractivity contribution in [1.82, 2.24) is 19.9 Å². The van der Waals surface area contributed by atoms with Crippen LogP contribution in [-0.2, 0) is 6.54 Å². The lowest BCUT2D eigenvalue weighted by Crippen LogP contribution is -2.29. The van der Waals surface area contributed by atoms with Crippen molar-refractivity contribution < 1.29 is 9.53 Å². The Morgan fingerprint density at radius 3 is 2.62 bits per heavy atom. The summed E-state index contributed by atoms with van der Waals surface area (Å²) in [5.74, 6) is 1.56. The first-order valence-electron chi connectivity index (χ1n) is 10.9. The molecule has 2 aromatic carbocycles. The van der Waals surface area contributed by atoms with Gasteiger partial charge < -0.3 is 14.6 Å². The molecule has 0 aliphatic carbocycles. The lowest BCUT2D eigenvalue weighted by Gasteiger charge is -2.17. The van der Waals surface area contributed by atoms with Crippen LogP contribution in [0.15, 0.2) is 67.0 Å². The molecule has 0 saturated heterocycles. The first-order chi connectivity index (χ1) is 15.5. The van der Waals surface area contributed by atoms with Crippen LogP contribution in [0.3, 0.4) is 0 Å². The molecule has 6 heteroatoms. The Morgan fingerprint density at radius 2 is 1.88 bits per heavy atom. The third kappa shape index (κ3) is 4.97. The van der Waals surface area contributed by atoms with E-state index in [2.05, 4.69) is 53.0 Å². The normalized spacial score (nSPS) is 12.0. The van der Waals surface area contributed by atoms with Crippen LogP contribution in [0.4, 0.5) is 0 Å². The minimum Gasteiger partial charge on any atom is -0.494 e. The Balaban J connectivity index is 1.48. The fraction of sp³-hybridized carbons (Fsp3) is 0.269. The van der Waals surface area contributed by atoms with E-state index in [0.29, 0.717) is 12.2 Å². The Kier molecular flexibility index (Phi) is 6.50. The number of aromatic nitrogens is 3. The Bertz CT molecular complexity index is 1200. The minimum absolute atomic E-state index is 0.164. The van der Waals surface area contributed by atoms with Crippen LogP contribution in [-0.4, -0.2) is 27.0 Å². The van der Waals surface area contributed by atoms with Crippen molar-refractivity contribution in [3.05, 3.63) is 89.5 Å². The number of rotatable bonds is 8. The summed E-state index contributed by atoms with van der Waals surface area (Å²) in [6, 6.07) is 17.5. The fourth-order valence-electron chi connectivity index (χ4n) is 3.93. The van der Waals surface area contributed by atoms with Crippen molar-refractivity contribution in [2.75, 3.05) is 6.61 Å². The van der Waals surface area contributed by atoms with Gasteiger partial charge in [0.25, 0.3) is 5.91 Å². The second-order valence-corrected chi connectivity index (χ2v) is 8.07. The third-order valence-corrected chi connectivity index (χ3v) is 5.33. The van der Waals surface area contributed by atoms with Crippen molar-refractivity contribution in [2.24, 2.45) is 0 Å². The summed E-state index contributed by atoms with van der Waals surface area (Å²) in [5.41, 5.74) is 4.89. The third-order valence-electron chi connectivity index (χ3n) is 5.33. The number of carbonyl (C=O) groups is 1. The molecule has 0 radical (unpaired) electrons. The maximum absolute atomic E-state index is 12.6. The molecule has 32 heavy (non-hydrogen) atoms. The summed E-state index contributed by atoms with van der Waals surface area (Å²) in [6.07, 6.45) is 4.04. The monoisotopic (exact) mass is 428 g/mol. The highest BCUT2D eigenvalue weighted by molar-refractivity contribution is 5.94. The van der Waals surface area contributed by atoms with Crippen LogP contribution in [0.2, 0.25) is 0 Å². The van der Waals surface area contributed by atoms with Gasteiger partial charge in [-0.3, -0.25) is 9.78 Å². The number of carbonyl (C=O) groups excluding carboxylic acids is 1. The van der Waals surface area contributed by atoms with Gasteiger partial charge >= 0.3 is 0 Å². The molecule has 0 spiro atoms. The summed E-state index contributed by atoms with van der Waals surface area (Å²) in [4.78, 5) is 21.5. The summed E-state index contributed by atoms with van der Waals surface area (Å²) in [7, 11) is 0. The van der Waals surface area contributed by atoms with Crippen molar-refractivity contribution in [3.63, 3.8) is 0 Å². The summed E-state index contributed by atoms with van der Waals surface area (Å²) in [5, 5.41) is 3.05. The van der Waals surface area contributed by atoms with Gasteiger partial charge in [-0.15, -0.1) is 0 Å². The van der Waals surface area contributed by atoms with E-state index >= 15 is 0 Å². The quantitative estimate of drug-likeness (QED) is 0.401. The Labute approximate surface area is 188 Å². The van der Waals surface area contributed by atoms with Crippen LogP contribution < -0.4 is 10.1 Å². The summed E-state index contributed by atoms with van der Waals surface area (Å²) >= 11 is 0. The molecular formula is C26H28N4O2.